The zero-order chi connectivity index (χ0) is 16.8. The summed E-state index contributed by atoms with van der Waals surface area (Å²) in [6, 6.07) is 19.2. The number of furan rings is 1. The third-order valence-corrected chi connectivity index (χ3v) is 6.20. The smallest absolute Gasteiger partial charge is 0.207 e. The largest absolute Gasteiger partial charge is 0.439 e. The summed E-state index contributed by atoms with van der Waals surface area (Å²) in [5.74, 6) is 2.44. The first-order valence-electron chi connectivity index (χ1n) is 8.71. The Morgan fingerprint density at radius 2 is 1.92 bits per heavy atom. The molecule has 0 N–H and O–H groups in total. The summed E-state index contributed by atoms with van der Waals surface area (Å²) in [5.41, 5.74) is 5.09. The van der Waals surface area contributed by atoms with Crippen LogP contribution in [0.5, 0.6) is 0 Å². The van der Waals surface area contributed by atoms with E-state index >= 15 is 0 Å². The van der Waals surface area contributed by atoms with Gasteiger partial charge in [0, 0.05) is 39.4 Å². The average molecular weight is 345 g/mol. The fraction of sp³-hybridized carbons (Fsp3) is 0.182. The Morgan fingerprint density at radius 3 is 2.72 bits per heavy atom. The Bertz CT molecular complexity index is 1010. The molecule has 0 bridgehead atoms. The van der Waals surface area contributed by atoms with Gasteiger partial charge < -0.3 is 4.42 Å². The van der Waals surface area contributed by atoms with Crippen molar-refractivity contribution in [2.75, 3.05) is 0 Å². The molecule has 0 spiro atoms. The van der Waals surface area contributed by atoms with Crippen LogP contribution in [0.25, 0.3) is 17.2 Å². The molecular weight excluding hydrogens is 326 g/mol. The van der Waals surface area contributed by atoms with Gasteiger partial charge in [0.2, 0.25) is 5.88 Å². The number of hydrogen-bond acceptors (Lipinski definition) is 2. The van der Waals surface area contributed by atoms with Crippen LogP contribution in [-0.2, 0) is 6.42 Å². The van der Waals surface area contributed by atoms with Crippen LogP contribution in [-0.4, -0.2) is 4.57 Å². The van der Waals surface area contributed by atoms with E-state index in [1.807, 2.05) is 17.4 Å². The fourth-order valence-corrected chi connectivity index (χ4v) is 4.84. The molecule has 3 heteroatoms. The number of aromatic nitrogens is 1. The minimum Gasteiger partial charge on any atom is -0.439 e. The van der Waals surface area contributed by atoms with E-state index in [-0.39, 0.29) is 0 Å². The molecule has 0 radical (unpaired) electrons. The van der Waals surface area contributed by atoms with Crippen LogP contribution in [0.3, 0.4) is 0 Å². The maximum absolute atomic E-state index is 6.42. The van der Waals surface area contributed by atoms with E-state index in [2.05, 4.69) is 71.6 Å². The standard InChI is InChI=1S/C22H19NOS/c1-15-17-11-12-18(20-10-6-14-25-20)19-9-5-13-23(19)22(17)24-21(15)16-7-3-2-4-8-16/h2-10,13-14,18H,11-12H2,1H3. The maximum atomic E-state index is 6.42. The van der Waals surface area contributed by atoms with E-state index in [0.717, 1.165) is 30.0 Å². The highest BCUT2D eigenvalue weighted by atomic mass is 32.1. The Labute approximate surface area is 151 Å². The number of fused-ring (bicyclic) bond motifs is 3. The molecule has 0 saturated carbocycles. The summed E-state index contributed by atoms with van der Waals surface area (Å²) in [5, 5.41) is 2.17. The molecule has 4 heterocycles. The zero-order valence-electron chi connectivity index (χ0n) is 14.1. The van der Waals surface area contributed by atoms with Crippen molar-refractivity contribution in [3.05, 3.63) is 87.9 Å². The second-order valence-corrected chi connectivity index (χ2v) is 7.59. The van der Waals surface area contributed by atoms with Gasteiger partial charge in [-0.3, -0.25) is 4.57 Å². The van der Waals surface area contributed by atoms with Crippen LogP contribution in [0.2, 0.25) is 0 Å². The highest BCUT2D eigenvalue weighted by Gasteiger charge is 2.28. The third-order valence-electron chi connectivity index (χ3n) is 5.21. The van der Waals surface area contributed by atoms with Gasteiger partial charge in [0.25, 0.3) is 0 Å². The Balaban J connectivity index is 1.67. The number of benzene rings is 1. The van der Waals surface area contributed by atoms with Crippen molar-refractivity contribution in [3.8, 4) is 17.2 Å². The van der Waals surface area contributed by atoms with Gasteiger partial charge in [0.05, 0.1) is 0 Å². The first-order chi connectivity index (χ1) is 12.3. The van der Waals surface area contributed by atoms with Crippen LogP contribution >= 0.6 is 11.3 Å². The van der Waals surface area contributed by atoms with Gasteiger partial charge in [0.15, 0.2) is 0 Å². The molecule has 1 atom stereocenters. The van der Waals surface area contributed by atoms with Gasteiger partial charge in [-0.2, -0.15) is 0 Å². The van der Waals surface area contributed by atoms with E-state index in [4.69, 9.17) is 4.42 Å². The van der Waals surface area contributed by atoms with Crippen molar-refractivity contribution in [2.24, 2.45) is 0 Å². The lowest BCUT2D eigenvalue weighted by atomic mass is 9.95. The lowest BCUT2D eigenvalue weighted by Crippen LogP contribution is -2.03. The Morgan fingerprint density at radius 1 is 1.04 bits per heavy atom. The third kappa shape index (κ3) is 2.30. The molecule has 3 aromatic heterocycles. The molecule has 1 unspecified atom stereocenters. The van der Waals surface area contributed by atoms with Gasteiger partial charge in [-0.15, -0.1) is 11.3 Å². The molecule has 1 aliphatic heterocycles. The highest BCUT2D eigenvalue weighted by molar-refractivity contribution is 7.10. The van der Waals surface area contributed by atoms with Gasteiger partial charge >= 0.3 is 0 Å². The van der Waals surface area contributed by atoms with Gasteiger partial charge in [-0.25, -0.2) is 0 Å². The van der Waals surface area contributed by atoms with E-state index in [9.17, 15) is 0 Å². The average Bonchev–Trinajstić information content (AvgIpc) is 3.37. The number of nitrogens with zero attached hydrogens (tertiary/aromatic N) is 1. The second kappa shape index (κ2) is 5.78. The quantitative estimate of drug-likeness (QED) is 0.424. The topological polar surface area (TPSA) is 18.1 Å². The summed E-state index contributed by atoms with van der Waals surface area (Å²) in [6.45, 7) is 2.19. The van der Waals surface area contributed by atoms with E-state index in [0.29, 0.717) is 5.92 Å². The van der Waals surface area contributed by atoms with Gasteiger partial charge in [-0.1, -0.05) is 36.4 Å². The minimum absolute atomic E-state index is 0.442. The number of thiophene rings is 1. The molecule has 1 aromatic carbocycles. The normalized spacial score (nSPS) is 16.3. The first kappa shape index (κ1) is 14.8. The summed E-state index contributed by atoms with van der Waals surface area (Å²) < 4.78 is 8.68. The van der Waals surface area contributed by atoms with Crippen LogP contribution in [0.1, 0.15) is 34.0 Å². The summed E-state index contributed by atoms with van der Waals surface area (Å²) in [4.78, 5) is 1.44. The van der Waals surface area contributed by atoms with Gasteiger partial charge in [-0.05, 0) is 43.3 Å². The second-order valence-electron chi connectivity index (χ2n) is 6.62. The molecule has 4 aromatic rings. The van der Waals surface area contributed by atoms with Crippen LogP contribution in [0.4, 0.5) is 0 Å². The van der Waals surface area contributed by atoms with E-state index in [1.54, 1.807) is 0 Å². The molecule has 0 saturated heterocycles. The summed E-state index contributed by atoms with van der Waals surface area (Å²) >= 11 is 1.85. The lowest BCUT2D eigenvalue weighted by molar-refractivity contribution is 0.544. The lowest BCUT2D eigenvalue weighted by Gasteiger charge is -2.14. The Kier molecular flexibility index (Phi) is 3.42. The SMILES string of the molecule is Cc1c(-c2ccccc2)oc2c1CCC(c1cccs1)c1cccn1-2. The van der Waals surface area contributed by atoms with E-state index in [1.165, 1.54) is 21.7 Å². The van der Waals surface area contributed by atoms with Crippen molar-refractivity contribution < 1.29 is 4.42 Å². The molecule has 0 amide bonds. The summed E-state index contributed by atoms with van der Waals surface area (Å²) in [6.07, 6.45) is 4.30. The summed E-state index contributed by atoms with van der Waals surface area (Å²) in [7, 11) is 0. The predicted molar refractivity (Wildman–Crippen MR) is 103 cm³/mol. The molecule has 25 heavy (non-hydrogen) atoms. The van der Waals surface area contributed by atoms with Crippen molar-refractivity contribution >= 4 is 11.3 Å². The molecule has 2 nitrogen and oxygen atoms in total. The molecule has 124 valence electrons. The maximum Gasteiger partial charge on any atom is 0.207 e. The zero-order valence-corrected chi connectivity index (χ0v) is 14.9. The van der Waals surface area contributed by atoms with Gasteiger partial charge in [0.1, 0.15) is 5.76 Å². The van der Waals surface area contributed by atoms with Crippen LogP contribution < -0.4 is 0 Å². The molecule has 1 aliphatic rings. The number of hydrogen-bond donors (Lipinski definition) is 0. The van der Waals surface area contributed by atoms with E-state index < -0.39 is 0 Å². The van der Waals surface area contributed by atoms with Crippen molar-refractivity contribution in [2.45, 2.75) is 25.7 Å². The van der Waals surface area contributed by atoms with Crippen LogP contribution in [0.15, 0.2) is 70.6 Å². The van der Waals surface area contributed by atoms with Crippen molar-refractivity contribution in [1.29, 1.82) is 0 Å². The fourth-order valence-electron chi connectivity index (χ4n) is 3.96. The predicted octanol–water partition coefficient (Wildman–Crippen LogP) is 6.19. The van der Waals surface area contributed by atoms with Crippen molar-refractivity contribution in [1.82, 2.24) is 4.57 Å². The molecule has 5 rings (SSSR count). The highest BCUT2D eigenvalue weighted by Crippen LogP contribution is 2.42. The number of rotatable bonds is 2. The molecular formula is C22H19NOS. The van der Waals surface area contributed by atoms with Crippen molar-refractivity contribution in [3.63, 3.8) is 0 Å². The Hall–Kier alpha value is -2.52. The molecule has 0 aliphatic carbocycles. The first-order valence-corrected chi connectivity index (χ1v) is 9.59. The minimum atomic E-state index is 0.442. The van der Waals surface area contributed by atoms with Crippen LogP contribution in [0, 0.1) is 6.92 Å². The molecule has 0 fully saturated rings. The monoisotopic (exact) mass is 345 g/mol.